The van der Waals surface area contributed by atoms with Gasteiger partial charge in [0.1, 0.15) is 0 Å². The SMILES string of the molecule is Cc1cccc(NC(=O)COC(=O)c2ccc(-c3nc4ccccc4s3)o2)c1. The Bertz CT molecular complexity index is 1130. The molecular formula is C21H16N2O4S. The first-order valence-corrected chi connectivity index (χ1v) is 9.39. The molecule has 140 valence electrons. The first kappa shape index (κ1) is 17.9. The van der Waals surface area contributed by atoms with Crippen LogP contribution >= 0.6 is 11.3 Å². The van der Waals surface area contributed by atoms with Crippen molar-refractivity contribution in [1.29, 1.82) is 0 Å². The number of benzene rings is 2. The zero-order chi connectivity index (χ0) is 19.5. The Morgan fingerprint density at radius 1 is 1.11 bits per heavy atom. The predicted octanol–water partition coefficient (Wildman–Crippen LogP) is 4.66. The number of hydrogen-bond acceptors (Lipinski definition) is 6. The van der Waals surface area contributed by atoms with Crippen molar-refractivity contribution in [1.82, 2.24) is 4.98 Å². The number of hydrogen-bond donors (Lipinski definition) is 1. The fraction of sp³-hybridized carbons (Fsp3) is 0.0952. The molecule has 4 rings (SSSR count). The number of rotatable bonds is 5. The molecule has 0 aliphatic rings. The summed E-state index contributed by atoms with van der Waals surface area (Å²) in [5, 5.41) is 3.36. The van der Waals surface area contributed by atoms with Crippen molar-refractivity contribution >= 4 is 39.1 Å². The van der Waals surface area contributed by atoms with Gasteiger partial charge in [0.05, 0.1) is 10.2 Å². The summed E-state index contributed by atoms with van der Waals surface area (Å²) in [5.74, 6) is -0.612. The molecule has 2 aromatic heterocycles. The van der Waals surface area contributed by atoms with Gasteiger partial charge < -0.3 is 14.5 Å². The van der Waals surface area contributed by atoms with Crippen LogP contribution < -0.4 is 5.32 Å². The van der Waals surface area contributed by atoms with Gasteiger partial charge in [-0.3, -0.25) is 4.79 Å². The van der Waals surface area contributed by atoms with Crippen molar-refractivity contribution < 1.29 is 18.7 Å². The van der Waals surface area contributed by atoms with Crippen LogP contribution in [0.5, 0.6) is 0 Å². The number of para-hydroxylation sites is 1. The van der Waals surface area contributed by atoms with E-state index in [0.717, 1.165) is 15.8 Å². The lowest BCUT2D eigenvalue weighted by atomic mass is 10.2. The van der Waals surface area contributed by atoms with Gasteiger partial charge in [0.15, 0.2) is 17.4 Å². The number of carbonyl (C=O) groups excluding carboxylic acids is 2. The van der Waals surface area contributed by atoms with Crippen LogP contribution in [0.25, 0.3) is 21.0 Å². The number of aromatic nitrogens is 1. The van der Waals surface area contributed by atoms with Crippen LogP contribution in [0.3, 0.4) is 0 Å². The summed E-state index contributed by atoms with van der Waals surface area (Å²) in [6.07, 6.45) is 0. The van der Waals surface area contributed by atoms with Gasteiger partial charge >= 0.3 is 5.97 Å². The molecule has 0 atom stereocenters. The lowest BCUT2D eigenvalue weighted by molar-refractivity contribution is -0.119. The van der Waals surface area contributed by atoms with Crippen molar-refractivity contribution in [2.45, 2.75) is 6.92 Å². The lowest BCUT2D eigenvalue weighted by Gasteiger charge is -2.06. The van der Waals surface area contributed by atoms with Gasteiger partial charge in [-0.1, -0.05) is 24.3 Å². The molecule has 28 heavy (non-hydrogen) atoms. The van der Waals surface area contributed by atoms with Gasteiger partial charge in [-0.15, -0.1) is 11.3 Å². The molecule has 1 N–H and O–H groups in total. The summed E-state index contributed by atoms with van der Waals surface area (Å²) in [6, 6.07) is 18.3. The molecule has 0 bridgehead atoms. The molecule has 0 radical (unpaired) electrons. The number of fused-ring (bicyclic) bond motifs is 1. The Morgan fingerprint density at radius 2 is 1.96 bits per heavy atom. The van der Waals surface area contributed by atoms with Crippen LogP contribution in [0.4, 0.5) is 5.69 Å². The van der Waals surface area contributed by atoms with E-state index in [-0.39, 0.29) is 5.76 Å². The molecule has 1 amide bonds. The third-order valence-electron chi connectivity index (χ3n) is 3.95. The Labute approximate surface area is 164 Å². The molecule has 0 aliphatic carbocycles. The summed E-state index contributed by atoms with van der Waals surface area (Å²) < 4.78 is 11.6. The number of amides is 1. The van der Waals surface area contributed by atoms with Crippen LogP contribution in [0.1, 0.15) is 16.1 Å². The number of anilines is 1. The largest absolute Gasteiger partial charge is 0.450 e. The number of thiazole rings is 1. The van der Waals surface area contributed by atoms with Gasteiger partial charge in [0.2, 0.25) is 5.76 Å². The molecule has 2 aromatic carbocycles. The molecule has 0 saturated carbocycles. The maximum atomic E-state index is 12.2. The monoisotopic (exact) mass is 392 g/mol. The molecule has 2 heterocycles. The summed E-state index contributed by atoms with van der Waals surface area (Å²) in [7, 11) is 0. The Morgan fingerprint density at radius 3 is 2.79 bits per heavy atom. The number of ether oxygens (including phenoxy) is 1. The fourth-order valence-corrected chi connectivity index (χ4v) is 3.59. The number of nitrogens with zero attached hydrogens (tertiary/aromatic N) is 1. The zero-order valence-corrected chi connectivity index (χ0v) is 15.8. The third-order valence-corrected chi connectivity index (χ3v) is 5.00. The second-order valence-electron chi connectivity index (χ2n) is 6.14. The molecule has 7 heteroatoms. The highest BCUT2D eigenvalue weighted by Crippen LogP contribution is 2.31. The number of furan rings is 1. The average molecular weight is 392 g/mol. The van der Waals surface area contributed by atoms with Gasteiger partial charge in [0, 0.05) is 5.69 Å². The minimum atomic E-state index is -0.702. The normalized spacial score (nSPS) is 10.8. The number of nitrogens with one attached hydrogen (secondary N) is 1. The second kappa shape index (κ2) is 7.66. The minimum absolute atomic E-state index is 0.0256. The number of carbonyl (C=O) groups is 2. The van der Waals surface area contributed by atoms with E-state index in [1.165, 1.54) is 17.4 Å². The van der Waals surface area contributed by atoms with Crippen LogP contribution in [0.15, 0.2) is 65.1 Å². The van der Waals surface area contributed by atoms with Gasteiger partial charge in [-0.2, -0.15) is 0 Å². The van der Waals surface area contributed by atoms with E-state index in [0.29, 0.717) is 16.5 Å². The van der Waals surface area contributed by atoms with Gasteiger partial charge in [0.25, 0.3) is 5.91 Å². The summed E-state index contributed by atoms with van der Waals surface area (Å²) in [6.45, 7) is 1.53. The Kier molecular flexibility index (Phi) is 4.90. The van der Waals surface area contributed by atoms with E-state index in [2.05, 4.69) is 10.3 Å². The first-order valence-electron chi connectivity index (χ1n) is 8.58. The Balaban J connectivity index is 1.38. The highest BCUT2D eigenvalue weighted by molar-refractivity contribution is 7.21. The topological polar surface area (TPSA) is 81.4 Å². The van der Waals surface area contributed by atoms with Crippen molar-refractivity contribution in [2.24, 2.45) is 0 Å². The van der Waals surface area contributed by atoms with E-state index in [1.807, 2.05) is 49.4 Å². The van der Waals surface area contributed by atoms with E-state index >= 15 is 0 Å². The van der Waals surface area contributed by atoms with Crippen LogP contribution in [0.2, 0.25) is 0 Å². The quantitative estimate of drug-likeness (QED) is 0.500. The molecule has 0 spiro atoms. The summed E-state index contributed by atoms with van der Waals surface area (Å²) >= 11 is 1.47. The van der Waals surface area contributed by atoms with Gasteiger partial charge in [-0.25, -0.2) is 9.78 Å². The van der Waals surface area contributed by atoms with Crippen molar-refractivity contribution in [3.63, 3.8) is 0 Å². The lowest BCUT2D eigenvalue weighted by Crippen LogP contribution is -2.20. The van der Waals surface area contributed by atoms with Crippen LogP contribution in [0, 0.1) is 6.92 Å². The second-order valence-corrected chi connectivity index (χ2v) is 7.18. The van der Waals surface area contributed by atoms with E-state index < -0.39 is 18.5 Å². The summed E-state index contributed by atoms with van der Waals surface area (Å²) in [4.78, 5) is 28.6. The zero-order valence-electron chi connectivity index (χ0n) is 15.0. The smallest absolute Gasteiger partial charge is 0.374 e. The molecule has 0 fully saturated rings. The first-order chi connectivity index (χ1) is 13.6. The molecular weight excluding hydrogens is 376 g/mol. The third kappa shape index (κ3) is 3.94. The van der Waals surface area contributed by atoms with E-state index in [9.17, 15) is 9.59 Å². The number of esters is 1. The molecule has 0 saturated heterocycles. The van der Waals surface area contributed by atoms with Crippen molar-refractivity contribution in [3.05, 3.63) is 72.0 Å². The maximum absolute atomic E-state index is 12.2. The van der Waals surface area contributed by atoms with Crippen LogP contribution in [-0.2, 0) is 9.53 Å². The standard InChI is InChI=1S/C21H16N2O4S/c1-13-5-4-6-14(11-13)22-19(24)12-26-21(25)17-10-9-16(27-17)20-23-15-7-2-3-8-18(15)28-20/h2-11H,12H2,1H3,(H,22,24). The highest BCUT2D eigenvalue weighted by atomic mass is 32.1. The van der Waals surface area contributed by atoms with Crippen LogP contribution in [-0.4, -0.2) is 23.5 Å². The van der Waals surface area contributed by atoms with E-state index in [4.69, 9.17) is 9.15 Å². The van der Waals surface area contributed by atoms with Crippen molar-refractivity contribution in [3.8, 4) is 10.8 Å². The number of aryl methyl sites for hydroxylation is 1. The highest BCUT2D eigenvalue weighted by Gasteiger charge is 2.17. The minimum Gasteiger partial charge on any atom is -0.450 e. The summed E-state index contributed by atoms with van der Waals surface area (Å²) in [5.41, 5.74) is 2.54. The fourth-order valence-electron chi connectivity index (χ4n) is 2.66. The predicted molar refractivity (Wildman–Crippen MR) is 107 cm³/mol. The molecule has 6 nitrogen and oxygen atoms in total. The van der Waals surface area contributed by atoms with E-state index in [1.54, 1.807) is 12.1 Å². The maximum Gasteiger partial charge on any atom is 0.374 e. The molecule has 0 unspecified atom stereocenters. The molecule has 0 aliphatic heterocycles. The average Bonchev–Trinajstić information content (AvgIpc) is 3.33. The van der Waals surface area contributed by atoms with Gasteiger partial charge in [-0.05, 0) is 48.9 Å². The van der Waals surface area contributed by atoms with Crippen molar-refractivity contribution in [2.75, 3.05) is 11.9 Å². The Hall–Kier alpha value is -3.45. The molecule has 4 aromatic rings.